The molecule has 1 aliphatic carbocycles. The van der Waals surface area contributed by atoms with E-state index in [1.54, 1.807) is 0 Å². The molecule has 0 radical (unpaired) electrons. The number of piperidine rings is 1. The minimum absolute atomic E-state index is 0.201. The zero-order valence-corrected chi connectivity index (χ0v) is 22.4. The molecular formula is C26H35F6N3O6. The van der Waals surface area contributed by atoms with Crippen molar-refractivity contribution < 1.29 is 55.7 Å². The van der Waals surface area contributed by atoms with Gasteiger partial charge in [0.2, 0.25) is 5.91 Å². The molecule has 2 aliphatic heterocycles. The molecule has 232 valence electrons. The fourth-order valence-corrected chi connectivity index (χ4v) is 5.07. The van der Waals surface area contributed by atoms with E-state index in [9.17, 15) is 31.1 Å². The number of carbonyl (C=O) groups is 3. The maximum atomic E-state index is 12.9. The van der Waals surface area contributed by atoms with Crippen LogP contribution >= 0.6 is 0 Å². The average Bonchev–Trinajstić information content (AvgIpc) is 3.11. The van der Waals surface area contributed by atoms with Crippen LogP contribution in [0.3, 0.4) is 0 Å². The predicted molar refractivity (Wildman–Crippen MR) is 133 cm³/mol. The number of ether oxygens (including phenoxy) is 1. The molecule has 3 heterocycles. The number of likely N-dealkylation sites (tertiary alicyclic amines) is 1. The first-order valence-corrected chi connectivity index (χ1v) is 13.2. The zero-order valence-electron chi connectivity index (χ0n) is 22.4. The Kier molecular flexibility index (Phi) is 12.8. The first kappa shape index (κ1) is 34.3. The highest BCUT2D eigenvalue weighted by molar-refractivity contribution is 5.79. The van der Waals surface area contributed by atoms with Crippen LogP contribution in [0, 0.1) is 11.3 Å². The summed E-state index contributed by atoms with van der Waals surface area (Å²) in [6, 6.07) is 4.20. The molecule has 0 bridgehead atoms. The molecule has 3 aliphatic rings. The van der Waals surface area contributed by atoms with Crippen molar-refractivity contribution in [3.8, 4) is 0 Å². The highest BCUT2D eigenvalue weighted by Crippen LogP contribution is 2.36. The summed E-state index contributed by atoms with van der Waals surface area (Å²) >= 11 is 0. The van der Waals surface area contributed by atoms with Gasteiger partial charge in [-0.15, -0.1) is 0 Å². The Balaban J connectivity index is 0.000000349. The van der Waals surface area contributed by atoms with Crippen molar-refractivity contribution in [3.05, 3.63) is 30.1 Å². The van der Waals surface area contributed by atoms with E-state index in [0.717, 1.165) is 71.6 Å². The molecule has 0 aromatic carbocycles. The number of alkyl halides is 6. The van der Waals surface area contributed by atoms with Crippen LogP contribution in [-0.2, 0) is 25.7 Å². The number of hydrogen-bond donors (Lipinski definition) is 2. The third-order valence-electron chi connectivity index (χ3n) is 7.25. The van der Waals surface area contributed by atoms with Gasteiger partial charge < -0.3 is 19.8 Å². The molecule has 15 heteroatoms. The van der Waals surface area contributed by atoms with Crippen molar-refractivity contribution in [3.63, 3.8) is 0 Å². The van der Waals surface area contributed by atoms with Crippen molar-refractivity contribution in [2.75, 3.05) is 39.4 Å². The molecule has 0 unspecified atom stereocenters. The van der Waals surface area contributed by atoms with E-state index >= 15 is 0 Å². The van der Waals surface area contributed by atoms with Crippen molar-refractivity contribution in [1.82, 2.24) is 14.8 Å². The Hall–Kier alpha value is -2.94. The molecule has 9 nitrogen and oxygen atoms in total. The van der Waals surface area contributed by atoms with Gasteiger partial charge in [0.1, 0.15) is 0 Å². The number of hydrogen-bond acceptors (Lipinski definition) is 6. The molecular weight excluding hydrogens is 564 g/mol. The zero-order chi connectivity index (χ0) is 30.7. The number of halogens is 6. The standard InChI is InChI=1S/C22H33N3O2.2C2HF3O2/c26-21(20-4-2-1-3-5-20)25-12-8-22(9-13-25)17-24(14-15-27-18-22)16-19-6-10-23-11-7-19;2*3-2(4,5)1(6)7/h6-7,10-11,20H,1-5,8-9,12-18H2;2*(H,6,7). The van der Waals surface area contributed by atoms with Gasteiger partial charge in [-0.3, -0.25) is 14.7 Å². The molecule has 1 aromatic rings. The maximum Gasteiger partial charge on any atom is 0.490 e. The minimum Gasteiger partial charge on any atom is -0.475 e. The van der Waals surface area contributed by atoms with E-state index in [-0.39, 0.29) is 5.41 Å². The Labute approximate surface area is 233 Å². The van der Waals surface area contributed by atoms with Crippen LogP contribution in [0.5, 0.6) is 0 Å². The van der Waals surface area contributed by atoms with E-state index < -0.39 is 24.3 Å². The summed E-state index contributed by atoms with van der Waals surface area (Å²) in [4.78, 5) is 39.5. The average molecular weight is 600 g/mol. The second kappa shape index (κ2) is 15.3. The second-order valence-electron chi connectivity index (χ2n) is 10.4. The molecule has 3 fully saturated rings. The van der Waals surface area contributed by atoms with Crippen LogP contribution in [0.4, 0.5) is 26.3 Å². The summed E-state index contributed by atoms with van der Waals surface area (Å²) in [6.07, 6.45) is 1.67. The molecule has 2 saturated heterocycles. The Bertz CT molecular complexity index is 954. The van der Waals surface area contributed by atoms with Crippen LogP contribution in [-0.4, -0.2) is 94.6 Å². The van der Waals surface area contributed by atoms with Crippen LogP contribution in [0.1, 0.15) is 50.5 Å². The molecule has 1 spiro atoms. The molecule has 2 N–H and O–H groups in total. The Morgan fingerprint density at radius 1 is 0.902 bits per heavy atom. The number of aromatic nitrogens is 1. The first-order valence-electron chi connectivity index (χ1n) is 13.2. The second-order valence-corrected chi connectivity index (χ2v) is 10.4. The van der Waals surface area contributed by atoms with Crippen LogP contribution in [0.25, 0.3) is 0 Å². The third-order valence-corrected chi connectivity index (χ3v) is 7.25. The fourth-order valence-electron chi connectivity index (χ4n) is 5.07. The van der Waals surface area contributed by atoms with Gasteiger partial charge in [0, 0.05) is 56.5 Å². The predicted octanol–water partition coefficient (Wildman–Crippen LogP) is 4.37. The summed E-state index contributed by atoms with van der Waals surface area (Å²) in [5.41, 5.74) is 1.51. The molecule has 4 rings (SSSR count). The summed E-state index contributed by atoms with van der Waals surface area (Å²) in [7, 11) is 0. The lowest BCUT2D eigenvalue weighted by atomic mass is 9.78. The molecule has 41 heavy (non-hydrogen) atoms. The van der Waals surface area contributed by atoms with Gasteiger partial charge in [-0.05, 0) is 43.4 Å². The van der Waals surface area contributed by atoms with E-state index in [1.807, 2.05) is 12.4 Å². The number of amides is 1. The van der Waals surface area contributed by atoms with Gasteiger partial charge in [0.15, 0.2) is 0 Å². The lowest BCUT2D eigenvalue weighted by Gasteiger charge is -2.43. The Morgan fingerprint density at radius 2 is 1.41 bits per heavy atom. The summed E-state index contributed by atoms with van der Waals surface area (Å²) in [6.45, 7) is 6.46. The smallest absolute Gasteiger partial charge is 0.475 e. The molecule has 1 amide bonds. The lowest BCUT2D eigenvalue weighted by Crippen LogP contribution is -2.50. The van der Waals surface area contributed by atoms with Gasteiger partial charge in [0.25, 0.3) is 0 Å². The maximum absolute atomic E-state index is 12.9. The fraction of sp³-hybridized carbons (Fsp3) is 0.692. The van der Waals surface area contributed by atoms with E-state index in [2.05, 4.69) is 26.9 Å². The van der Waals surface area contributed by atoms with Crippen molar-refractivity contribution in [1.29, 1.82) is 0 Å². The molecule has 1 aromatic heterocycles. The third kappa shape index (κ3) is 11.8. The van der Waals surface area contributed by atoms with Crippen molar-refractivity contribution in [2.24, 2.45) is 11.3 Å². The summed E-state index contributed by atoms with van der Waals surface area (Å²) in [5, 5.41) is 14.2. The molecule has 0 atom stereocenters. The number of pyridine rings is 1. The number of carboxylic acid groups (broad SMARTS) is 2. The van der Waals surface area contributed by atoms with E-state index in [4.69, 9.17) is 24.5 Å². The number of aliphatic carboxylic acids is 2. The van der Waals surface area contributed by atoms with Gasteiger partial charge in [-0.2, -0.15) is 26.3 Å². The van der Waals surface area contributed by atoms with Crippen LogP contribution in [0.2, 0.25) is 0 Å². The van der Waals surface area contributed by atoms with E-state index in [1.165, 1.54) is 24.8 Å². The van der Waals surface area contributed by atoms with Crippen LogP contribution in [0.15, 0.2) is 24.5 Å². The number of rotatable bonds is 3. The number of carbonyl (C=O) groups excluding carboxylic acids is 1. The minimum atomic E-state index is -5.08. The van der Waals surface area contributed by atoms with Crippen molar-refractivity contribution >= 4 is 17.8 Å². The topological polar surface area (TPSA) is 120 Å². The first-order chi connectivity index (χ1) is 19.1. The van der Waals surface area contributed by atoms with Gasteiger partial charge in [-0.1, -0.05) is 19.3 Å². The van der Waals surface area contributed by atoms with Gasteiger partial charge in [0.05, 0.1) is 13.2 Å². The Morgan fingerprint density at radius 3 is 1.90 bits per heavy atom. The van der Waals surface area contributed by atoms with Gasteiger partial charge >= 0.3 is 24.3 Å². The largest absolute Gasteiger partial charge is 0.490 e. The summed E-state index contributed by atoms with van der Waals surface area (Å²) < 4.78 is 69.5. The van der Waals surface area contributed by atoms with Crippen LogP contribution < -0.4 is 0 Å². The highest BCUT2D eigenvalue weighted by Gasteiger charge is 2.40. The monoisotopic (exact) mass is 599 g/mol. The van der Waals surface area contributed by atoms with Gasteiger partial charge in [-0.25, -0.2) is 9.59 Å². The number of nitrogens with zero attached hydrogens (tertiary/aromatic N) is 3. The lowest BCUT2D eigenvalue weighted by molar-refractivity contribution is -0.193. The van der Waals surface area contributed by atoms with E-state index in [0.29, 0.717) is 11.8 Å². The highest BCUT2D eigenvalue weighted by atomic mass is 19.4. The van der Waals surface area contributed by atoms with Crippen molar-refractivity contribution in [2.45, 2.75) is 63.8 Å². The molecule has 1 saturated carbocycles. The summed E-state index contributed by atoms with van der Waals surface area (Å²) in [5.74, 6) is -4.80. The normalized spacial score (nSPS) is 20.1. The SMILES string of the molecule is O=C(C1CCCCC1)N1CCC2(CC1)COCCN(Cc1ccncc1)C2.O=C(O)C(F)(F)F.O=C(O)C(F)(F)F. The number of carboxylic acids is 2. The quantitative estimate of drug-likeness (QED) is 0.492.